The molecule has 1 saturated heterocycles. The molecule has 8 nitrogen and oxygen atoms in total. The van der Waals surface area contributed by atoms with E-state index < -0.39 is 16.1 Å². The van der Waals surface area contributed by atoms with Crippen molar-refractivity contribution >= 4 is 15.9 Å². The van der Waals surface area contributed by atoms with Crippen LogP contribution in [0.4, 0.5) is 0 Å². The molecule has 0 spiro atoms. The summed E-state index contributed by atoms with van der Waals surface area (Å²) in [6.45, 7) is 9.07. The topological polar surface area (TPSA) is 91.0 Å². The summed E-state index contributed by atoms with van der Waals surface area (Å²) >= 11 is 0. The lowest BCUT2D eigenvalue weighted by Gasteiger charge is -2.32. The fourth-order valence-electron chi connectivity index (χ4n) is 3.88. The van der Waals surface area contributed by atoms with Gasteiger partial charge in [0.1, 0.15) is 11.8 Å². The van der Waals surface area contributed by atoms with Crippen molar-refractivity contribution in [2.45, 2.75) is 37.9 Å². The van der Waals surface area contributed by atoms with Gasteiger partial charge in [0.15, 0.2) is 0 Å². The van der Waals surface area contributed by atoms with Gasteiger partial charge in [-0.3, -0.25) is 9.69 Å². The average molecular weight is 489 g/mol. The number of ether oxygens (including phenoxy) is 1. The Labute approximate surface area is 203 Å². The van der Waals surface area contributed by atoms with E-state index in [9.17, 15) is 13.2 Å². The smallest absolute Gasteiger partial charge is 0.241 e. The van der Waals surface area contributed by atoms with Gasteiger partial charge in [-0.25, -0.2) is 8.42 Å². The molecule has 3 rings (SSSR count). The van der Waals surface area contributed by atoms with E-state index in [0.717, 1.165) is 38.3 Å². The van der Waals surface area contributed by atoms with Crippen LogP contribution in [0.2, 0.25) is 0 Å². The first-order valence-electron chi connectivity index (χ1n) is 11.6. The number of methoxy groups -OCH3 is 1. The first-order valence-corrected chi connectivity index (χ1v) is 13.1. The maximum Gasteiger partial charge on any atom is 0.241 e. The number of carbonyl (C=O) groups excluding carboxylic acids is 1. The number of carbonyl (C=O) groups is 1. The van der Waals surface area contributed by atoms with Crippen LogP contribution in [0.3, 0.4) is 0 Å². The lowest BCUT2D eigenvalue weighted by atomic mass is 10.0. The third-order valence-corrected chi connectivity index (χ3v) is 7.52. The van der Waals surface area contributed by atoms with Gasteiger partial charge in [0.25, 0.3) is 0 Å². The van der Waals surface area contributed by atoms with Gasteiger partial charge in [0, 0.05) is 39.3 Å². The summed E-state index contributed by atoms with van der Waals surface area (Å²) in [7, 11) is -0.202. The fourth-order valence-corrected chi connectivity index (χ4v) is 5.23. The molecule has 0 bridgehead atoms. The SMILES string of the molecule is COc1ccc(S(=O)(=O)N[C@H](C(=O)NCc2cccc(CN3CCN(C)CC3)c2)C(C)C)cc1. The Bertz CT molecular complexity index is 1050. The molecule has 1 aliphatic heterocycles. The lowest BCUT2D eigenvalue weighted by molar-refractivity contribution is -0.123. The number of nitrogens with zero attached hydrogens (tertiary/aromatic N) is 2. The van der Waals surface area contributed by atoms with Crippen LogP contribution in [0.15, 0.2) is 53.4 Å². The number of benzene rings is 2. The molecule has 0 aliphatic carbocycles. The standard InChI is InChI=1S/C25H36N4O4S/c1-19(2)24(27-34(31,32)23-10-8-22(33-4)9-11-23)25(30)26-17-20-6-5-7-21(16-20)18-29-14-12-28(3)13-15-29/h5-11,16,19,24,27H,12-15,17-18H2,1-4H3,(H,26,30)/t24-/m0/s1. The normalized spacial score (nSPS) is 16.4. The minimum Gasteiger partial charge on any atom is -0.497 e. The molecule has 9 heteroatoms. The minimum atomic E-state index is -3.86. The van der Waals surface area contributed by atoms with Crippen LogP contribution in [0.25, 0.3) is 0 Å². The van der Waals surface area contributed by atoms with Gasteiger partial charge in [-0.2, -0.15) is 4.72 Å². The Morgan fingerprint density at radius 3 is 2.29 bits per heavy atom. The molecule has 1 atom stereocenters. The number of hydrogen-bond acceptors (Lipinski definition) is 6. The van der Waals surface area contributed by atoms with Crippen molar-refractivity contribution in [1.29, 1.82) is 0 Å². The summed E-state index contributed by atoms with van der Waals surface area (Å²) in [6, 6.07) is 13.4. The van der Waals surface area contributed by atoms with Crippen LogP contribution < -0.4 is 14.8 Å². The number of piperazine rings is 1. The summed E-state index contributed by atoms with van der Waals surface area (Å²) < 4.78 is 33.3. The average Bonchev–Trinajstić information content (AvgIpc) is 2.82. The number of rotatable bonds is 10. The Morgan fingerprint density at radius 2 is 1.68 bits per heavy atom. The molecule has 1 fully saturated rings. The van der Waals surface area contributed by atoms with E-state index in [-0.39, 0.29) is 16.7 Å². The molecule has 2 N–H and O–H groups in total. The Kier molecular flexibility index (Phi) is 9.07. The Morgan fingerprint density at radius 1 is 1.03 bits per heavy atom. The van der Waals surface area contributed by atoms with E-state index in [0.29, 0.717) is 12.3 Å². The summed E-state index contributed by atoms with van der Waals surface area (Å²) in [5, 5.41) is 2.90. The molecule has 0 aromatic heterocycles. The second-order valence-corrected chi connectivity index (χ2v) is 10.8. The number of amides is 1. The molecule has 0 saturated carbocycles. The predicted molar refractivity (Wildman–Crippen MR) is 133 cm³/mol. The predicted octanol–water partition coefficient (Wildman–Crippen LogP) is 2.06. The fraction of sp³-hybridized carbons (Fsp3) is 0.480. The molecular formula is C25H36N4O4S. The van der Waals surface area contributed by atoms with Crippen LogP contribution in [0.1, 0.15) is 25.0 Å². The number of sulfonamides is 1. The zero-order valence-corrected chi connectivity index (χ0v) is 21.3. The highest BCUT2D eigenvalue weighted by Gasteiger charge is 2.28. The van der Waals surface area contributed by atoms with Crippen molar-refractivity contribution in [2.24, 2.45) is 5.92 Å². The van der Waals surface area contributed by atoms with Crippen LogP contribution in [0, 0.1) is 5.92 Å². The second-order valence-electron chi connectivity index (χ2n) is 9.14. The summed E-state index contributed by atoms with van der Waals surface area (Å²) in [6.07, 6.45) is 0. The van der Waals surface area contributed by atoms with Gasteiger partial charge >= 0.3 is 0 Å². The van der Waals surface area contributed by atoms with Gasteiger partial charge in [-0.1, -0.05) is 38.1 Å². The van der Waals surface area contributed by atoms with Crippen molar-refractivity contribution in [2.75, 3.05) is 40.3 Å². The maximum atomic E-state index is 12.9. The van der Waals surface area contributed by atoms with Crippen LogP contribution in [0.5, 0.6) is 5.75 Å². The lowest BCUT2D eigenvalue weighted by Crippen LogP contribution is -2.49. The van der Waals surface area contributed by atoms with E-state index in [1.54, 1.807) is 12.1 Å². The van der Waals surface area contributed by atoms with E-state index in [1.807, 2.05) is 26.0 Å². The van der Waals surface area contributed by atoms with Gasteiger partial charge < -0.3 is 15.0 Å². The van der Waals surface area contributed by atoms with Crippen LogP contribution >= 0.6 is 0 Å². The Balaban J connectivity index is 1.60. The molecule has 1 aliphatic rings. The molecule has 1 heterocycles. The van der Waals surface area contributed by atoms with Crippen molar-refractivity contribution in [3.05, 3.63) is 59.7 Å². The molecule has 0 unspecified atom stereocenters. The zero-order valence-electron chi connectivity index (χ0n) is 20.5. The number of likely N-dealkylation sites (N-methyl/N-ethyl adjacent to an activating group) is 1. The highest BCUT2D eigenvalue weighted by atomic mass is 32.2. The first-order chi connectivity index (χ1) is 16.2. The quantitative estimate of drug-likeness (QED) is 0.532. The van der Waals surface area contributed by atoms with Crippen molar-refractivity contribution < 1.29 is 17.9 Å². The van der Waals surface area contributed by atoms with E-state index in [2.05, 4.69) is 39.0 Å². The molecule has 34 heavy (non-hydrogen) atoms. The van der Waals surface area contributed by atoms with Crippen LogP contribution in [-0.2, 0) is 27.9 Å². The highest BCUT2D eigenvalue weighted by Crippen LogP contribution is 2.17. The largest absolute Gasteiger partial charge is 0.497 e. The molecule has 0 radical (unpaired) electrons. The molecule has 1 amide bonds. The number of hydrogen-bond donors (Lipinski definition) is 2. The van der Waals surface area contributed by atoms with Gasteiger partial charge in [0.2, 0.25) is 15.9 Å². The summed E-state index contributed by atoms with van der Waals surface area (Å²) in [4.78, 5) is 17.8. The van der Waals surface area contributed by atoms with E-state index >= 15 is 0 Å². The monoisotopic (exact) mass is 488 g/mol. The van der Waals surface area contributed by atoms with E-state index in [4.69, 9.17) is 4.74 Å². The van der Waals surface area contributed by atoms with Gasteiger partial charge in [-0.05, 0) is 48.4 Å². The number of nitrogens with one attached hydrogen (secondary N) is 2. The minimum absolute atomic E-state index is 0.0864. The molecule has 186 valence electrons. The zero-order chi connectivity index (χ0) is 24.7. The third kappa shape index (κ3) is 7.27. The highest BCUT2D eigenvalue weighted by molar-refractivity contribution is 7.89. The van der Waals surface area contributed by atoms with Crippen molar-refractivity contribution in [3.63, 3.8) is 0 Å². The first kappa shape index (κ1) is 26.2. The van der Waals surface area contributed by atoms with Gasteiger partial charge in [-0.15, -0.1) is 0 Å². The Hall–Kier alpha value is -2.46. The summed E-state index contributed by atoms with van der Waals surface area (Å²) in [5.41, 5.74) is 2.19. The van der Waals surface area contributed by atoms with E-state index in [1.165, 1.54) is 24.8 Å². The van der Waals surface area contributed by atoms with Crippen molar-refractivity contribution in [3.8, 4) is 5.75 Å². The second kappa shape index (κ2) is 11.8. The summed E-state index contributed by atoms with van der Waals surface area (Å²) in [5.74, 6) is -0.0138. The van der Waals surface area contributed by atoms with Gasteiger partial charge in [0.05, 0.1) is 12.0 Å². The third-order valence-electron chi connectivity index (χ3n) is 6.06. The maximum absolute atomic E-state index is 12.9. The molecular weight excluding hydrogens is 452 g/mol. The van der Waals surface area contributed by atoms with Crippen LogP contribution in [-0.4, -0.2) is 70.5 Å². The molecule has 2 aromatic rings. The molecule has 2 aromatic carbocycles. The van der Waals surface area contributed by atoms with Crippen molar-refractivity contribution in [1.82, 2.24) is 19.8 Å².